The number of fused-ring (bicyclic) bond motifs is 1. The van der Waals surface area contributed by atoms with Crippen molar-refractivity contribution < 1.29 is 9.90 Å². The number of imidazole rings is 1. The molecule has 0 aliphatic carbocycles. The number of aliphatic hydroxyl groups is 1. The van der Waals surface area contributed by atoms with Crippen LogP contribution in [0, 0.1) is 12.8 Å². The lowest BCUT2D eigenvalue weighted by atomic mass is 10.1. The number of rotatable bonds is 5. The Bertz CT molecular complexity index is 575. The molecule has 0 radical (unpaired) electrons. The van der Waals surface area contributed by atoms with E-state index in [0.717, 1.165) is 16.3 Å². The Kier molecular flexibility index (Phi) is 4.21. The molecular formula is C13H19N3O2S. The van der Waals surface area contributed by atoms with Gasteiger partial charge in [-0.25, -0.2) is 4.98 Å². The zero-order chi connectivity index (χ0) is 14.0. The molecule has 1 amide bonds. The average Bonchev–Trinajstić information content (AvgIpc) is 2.89. The summed E-state index contributed by atoms with van der Waals surface area (Å²) in [6.45, 7) is 5.83. The summed E-state index contributed by atoms with van der Waals surface area (Å²) in [5.74, 6) is 0.0285. The molecule has 6 heteroatoms. The normalized spacial score (nSPS) is 14.5. The Morgan fingerprint density at radius 2 is 2.32 bits per heavy atom. The highest BCUT2D eigenvalue weighted by Gasteiger charge is 2.15. The number of hydrogen-bond donors (Lipinski definition) is 2. The lowest BCUT2D eigenvalue weighted by Crippen LogP contribution is -2.39. The maximum absolute atomic E-state index is 12.0. The number of aromatic nitrogens is 2. The van der Waals surface area contributed by atoms with E-state index in [1.165, 1.54) is 11.3 Å². The highest BCUT2D eigenvalue weighted by atomic mass is 32.1. The van der Waals surface area contributed by atoms with E-state index in [1.54, 1.807) is 0 Å². The molecule has 0 saturated carbocycles. The van der Waals surface area contributed by atoms with Gasteiger partial charge in [0.15, 0.2) is 4.96 Å². The molecule has 0 aliphatic heterocycles. The predicted octanol–water partition coefficient (Wildman–Crippen LogP) is 1.38. The first-order valence-electron chi connectivity index (χ1n) is 6.33. The minimum absolute atomic E-state index is 0.0288. The second kappa shape index (κ2) is 5.71. The van der Waals surface area contributed by atoms with Crippen LogP contribution in [0.2, 0.25) is 0 Å². The van der Waals surface area contributed by atoms with Gasteiger partial charge in [-0.05, 0) is 19.8 Å². The third kappa shape index (κ3) is 3.13. The van der Waals surface area contributed by atoms with Crippen LogP contribution >= 0.6 is 11.3 Å². The fraction of sp³-hybridized carbons (Fsp3) is 0.538. The summed E-state index contributed by atoms with van der Waals surface area (Å²) in [5.41, 5.74) is 1.90. The molecule has 0 spiro atoms. The first-order chi connectivity index (χ1) is 9.01. The van der Waals surface area contributed by atoms with Crippen molar-refractivity contribution in [3.63, 3.8) is 0 Å². The topological polar surface area (TPSA) is 66.6 Å². The molecular weight excluding hydrogens is 262 g/mol. The smallest absolute Gasteiger partial charge is 0.226 e. The van der Waals surface area contributed by atoms with Crippen LogP contribution in [-0.4, -0.2) is 33.0 Å². The van der Waals surface area contributed by atoms with Crippen LogP contribution in [0.1, 0.15) is 25.2 Å². The van der Waals surface area contributed by atoms with Crippen molar-refractivity contribution in [3.8, 4) is 0 Å². The van der Waals surface area contributed by atoms with Crippen molar-refractivity contribution in [1.29, 1.82) is 0 Å². The molecule has 2 N–H and O–H groups in total. The summed E-state index contributed by atoms with van der Waals surface area (Å²) in [6.07, 6.45) is 2.27. The molecule has 0 aliphatic rings. The van der Waals surface area contributed by atoms with E-state index in [4.69, 9.17) is 5.11 Å². The Morgan fingerprint density at radius 3 is 3.00 bits per heavy atom. The number of aryl methyl sites for hydroxylation is 1. The number of nitrogens with one attached hydrogen (secondary N) is 1. The summed E-state index contributed by atoms with van der Waals surface area (Å²) in [5, 5.41) is 13.9. The van der Waals surface area contributed by atoms with Gasteiger partial charge in [0, 0.05) is 29.9 Å². The van der Waals surface area contributed by atoms with Crippen LogP contribution in [0.4, 0.5) is 0 Å². The van der Waals surface area contributed by atoms with E-state index in [-0.39, 0.29) is 24.5 Å². The molecule has 0 bridgehead atoms. The van der Waals surface area contributed by atoms with Crippen LogP contribution in [0.15, 0.2) is 11.6 Å². The van der Waals surface area contributed by atoms with E-state index in [9.17, 15) is 4.79 Å². The van der Waals surface area contributed by atoms with E-state index in [0.29, 0.717) is 6.42 Å². The van der Waals surface area contributed by atoms with Gasteiger partial charge in [0.2, 0.25) is 5.91 Å². The zero-order valence-electron chi connectivity index (χ0n) is 11.4. The summed E-state index contributed by atoms with van der Waals surface area (Å²) in [7, 11) is 0. The molecule has 0 aromatic carbocycles. The van der Waals surface area contributed by atoms with Gasteiger partial charge in [-0.15, -0.1) is 11.3 Å². The lowest BCUT2D eigenvalue weighted by molar-refractivity contribution is -0.121. The first-order valence-corrected chi connectivity index (χ1v) is 7.21. The fourth-order valence-electron chi connectivity index (χ4n) is 1.84. The predicted molar refractivity (Wildman–Crippen MR) is 75.4 cm³/mol. The molecule has 104 valence electrons. The van der Waals surface area contributed by atoms with Gasteiger partial charge in [0.1, 0.15) is 0 Å². The van der Waals surface area contributed by atoms with Gasteiger partial charge in [0.25, 0.3) is 0 Å². The third-order valence-corrected chi connectivity index (χ3v) is 4.16. The standard InChI is InChI=1S/C13H19N3O2S/c1-8(6-17)10(3)15-12(18)4-11-7-19-13-14-9(2)5-16(11)13/h5,7-8,10,17H,4,6H2,1-3H3,(H,15,18). The van der Waals surface area contributed by atoms with Crippen LogP contribution < -0.4 is 5.32 Å². The summed E-state index contributed by atoms with van der Waals surface area (Å²) < 4.78 is 1.96. The van der Waals surface area contributed by atoms with E-state index in [1.807, 2.05) is 36.7 Å². The minimum atomic E-state index is -0.0313. The van der Waals surface area contributed by atoms with Crippen LogP contribution in [0.25, 0.3) is 4.96 Å². The van der Waals surface area contributed by atoms with Gasteiger partial charge < -0.3 is 10.4 Å². The molecule has 2 unspecified atom stereocenters. The van der Waals surface area contributed by atoms with Crippen LogP contribution in [0.3, 0.4) is 0 Å². The van der Waals surface area contributed by atoms with Crippen LogP contribution in [0.5, 0.6) is 0 Å². The molecule has 2 heterocycles. The van der Waals surface area contributed by atoms with E-state index >= 15 is 0 Å². The maximum atomic E-state index is 12.0. The SMILES string of the molecule is Cc1cn2c(CC(=O)NC(C)C(C)CO)csc2n1. The number of hydrogen-bond acceptors (Lipinski definition) is 4. The van der Waals surface area contributed by atoms with Crippen molar-refractivity contribution in [2.45, 2.75) is 33.2 Å². The number of thiazole rings is 1. The molecule has 2 aromatic rings. The lowest BCUT2D eigenvalue weighted by Gasteiger charge is -2.19. The van der Waals surface area contributed by atoms with Gasteiger partial charge in [0.05, 0.1) is 12.1 Å². The molecule has 5 nitrogen and oxygen atoms in total. The summed E-state index contributed by atoms with van der Waals surface area (Å²) >= 11 is 1.54. The third-order valence-electron chi connectivity index (χ3n) is 3.28. The Morgan fingerprint density at radius 1 is 1.58 bits per heavy atom. The zero-order valence-corrected chi connectivity index (χ0v) is 12.2. The maximum Gasteiger partial charge on any atom is 0.226 e. The fourth-order valence-corrected chi connectivity index (χ4v) is 2.76. The number of nitrogens with zero attached hydrogens (tertiary/aromatic N) is 2. The molecule has 19 heavy (non-hydrogen) atoms. The number of amides is 1. The molecule has 0 fully saturated rings. The monoisotopic (exact) mass is 281 g/mol. The Labute approximate surface area is 116 Å². The number of aliphatic hydroxyl groups excluding tert-OH is 1. The number of carbonyl (C=O) groups excluding carboxylic acids is 1. The number of carbonyl (C=O) groups is 1. The molecule has 2 atom stereocenters. The van der Waals surface area contributed by atoms with Crippen molar-refractivity contribution in [2.75, 3.05) is 6.61 Å². The summed E-state index contributed by atoms with van der Waals surface area (Å²) in [6, 6.07) is -0.0313. The molecule has 2 aromatic heterocycles. The van der Waals surface area contributed by atoms with Crippen molar-refractivity contribution in [2.24, 2.45) is 5.92 Å². The Hall–Kier alpha value is -1.40. The van der Waals surface area contributed by atoms with Gasteiger partial charge >= 0.3 is 0 Å². The van der Waals surface area contributed by atoms with Crippen molar-refractivity contribution in [1.82, 2.24) is 14.7 Å². The van der Waals surface area contributed by atoms with Crippen LogP contribution in [-0.2, 0) is 11.2 Å². The second-order valence-electron chi connectivity index (χ2n) is 4.95. The van der Waals surface area contributed by atoms with Gasteiger partial charge in [-0.2, -0.15) is 0 Å². The minimum Gasteiger partial charge on any atom is -0.396 e. The second-order valence-corrected chi connectivity index (χ2v) is 5.79. The highest BCUT2D eigenvalue weighted by molar-refractivity contribution is 7.15. The van der Waals surface area contributed by atoms with E-state index < -0.39 is 0 Å². The summed E-state index contributed by atoms with van der Waals surface area (Å²) in [4.78, 5) is 17.2. The molecule has 0 saturated heterocycles. The van der Waals surface area contributed by atoms with Gasteiger partial charge in [-0.1, -0.05) is 6.92 Å². The Balaban J connectivity index is 2.02. The van der Waals surface area contributed by atoms with Gasteiger partial charge in [-0.3, -0.25) is 9.20 Å². The van der Waals surface area contributed by atoms with Crippen molar-refractivity contribution >= 4 is 22.2 Å². The molecule has 2 rings (SSSR count). The quantitative estimate of drug-likeness (QED) is 0.870. The largest absolute Gasteiger partial charge is 0.396 e. The highest BCUT2D eigenvalue weighted by Crippen LogP contribution is 2.17. The van der Waals surface area contributed by atoms with Crippen molar-refractivity contribution in [3.05, 3.63) is 23.0 Å². The van der Waals surface area contributed by atoms with E-state index in [2.05, 4.69) is 10.3 Å². The first kappa shape index (κ1) is 14.0. The average molecular weight is 281 g/mol.